The number of cyclic esters (lactones) is 1. The molecule has 3 saturated carbocycles. The zero-order chi connectivity index (χ0) is 22.4. The maximum atomic E-state index is 12.8. The molecule has 3 aliphatic carbocycles. The van der Waals surface area contributed by atoms with E-state index in [0.717, 1.165) is 30.4 Å². The van der Waals surface area contributed by atoms with Crippen molar-refractivity contribution in [1.82, 2.24) is 0 Å². The Balaban J connectivity index is 1.63. The highest BCUT2D eigenvalue weighted by atomic mass is 16.5. The number of rotatable bonds is 1. The molecule has 0 saturated heterocycles. The topological polar surface area (TPSA) is 76.7 Å². The number of ether oxygens (including phenoxy) is 1. The molecule has 3 fully saturated rings. The van der Waals surface area contributed by atoms with E-state index in [2.05, 4.69) is 34.6 Å². The average Bonchev–Trinajstić information content (AvgIpc) is 3.23. The smallest absolute Gasteiger partial charge is 0.331 e. The Morgan fingerprint density at radius 1 is 1.06 bits per heavy atom. The van der Waals surface area contributed by atoms with Gasteiger partial charge in [0.1, 0.15) is 11.9 Å². The molecule has 0 bridgehead atoms. The molecule has 1 aliphatic heterocycles. The van der Waals surface area contributed by atoms with E-state index < -0.39 is 28.5 Å². The summed E-state index contributed by atoms with van der Waals surface area (Å²) in [6, 6.07) is 1.87. The summed E-state index contributed by atoms with van der Waals surface area (Å²) in [5, 5.41) is 11.7. The second-order valence-corrected chi connectivity index (χ2v) is 11.7. The highest BCUT2D eigenvalue weighted by Gasteiger charge is 2.68. The minimum Gasteiger partial charge on any atom is -0.472 e. The first kappa shape index (κ1) is 21.0. The van der Waals surface area contributed by atoms with Gasteiger partial charge in [0.05, 0.1) is 18.6 Å². The average molecular weight is 427 g/mol. The number of esters is 1. The van der Waals surface area contributed by atoms with Crippen LogP contribution < -0.4 is 0 Å². The molecule has 7 atom stereocenters. The summed E-state index contributed by atoms with van der Waals surface area (Å²) in [6.07, 6.45) is 7.74. The Hall–Kier alpha value is -1.88. The number of ketones is 1. The molecule has 31 heavy (non-hydrogen) atoms. The minimum atomic E-state index is -0.609. The number of fused-ring (bicyclic) bond motifs is 5. The molecule has 1 aromatic heterocycles. The van der Waals surface area contributed by atoms with Gasteiger partial charge in [-0.2, -0.15) is 0 Å². The van der Waals surface area contributed by atoms with Crippen LogP contribution in [0.5, 0.6) is 0 Å². The summed E-state index contributed by atoms with van der Waals surface area (Å²) >= 11 is 0. The monoisotopic (exact) mass is 426 g/mol. The van der Waals surface area contributed by atoms with Crippen LogP contribution in [0.4, 0.5) is 0 Å². The number of carbonyl (C=O) groups is 2. The van der Waals surface area contributed by atoms with Gasteiger partial charge in [-0.25, -0.2) is 4.79 Å². The lowest BCUT2D eigenvalue weighted by atomic mass is 9.37. The second kappa shape index (κ2) is 6.34. The Labute approximate surface area is 184 Å². The number of aliphatic hydroxyl groups is 1. The summed E-state index contributed by atoms with van der Waals surface area (Å²) in [6.45, 7) is 10.8. The zero-order valence-corrected chi connectivity index (χ0v) is 19.2. The SMILES string of the molecule is CC1(C)C(=O)CC[C@]2(C)[C@@H]1C[C@@H](O)[C@@]1(C)C3=CC(=O)O[C@H](c4ccoc4)[C@]3(C)CC[C@H]21. The van der Waals surface area contributed by atoms with Gasteiger partial charge < -0.3 is 14.3 Å². The fourth-order valence-corrected chi connectivity index (χ4v) is 8.31. The van der Waals surface area contributed by atoms with Crippen LogP contribution in [0, 0.1) is 33.5 Å². The van der Waals surface area contributed by atoms with Crippen molar-refractivity contribution >= 4 is 11.8 Å². The van der Waals surface area contributed by atoms with E-state index in [1.165, 1.54) is 0 Å². The van der Waals surface area contributed by atoms with Crippen LogP contribution in [0.15, 0.2) is 34.7 Å². The van der Waals surface area contributed by atoms with Crippen molar-refractivity contribution in [3.05, 3.63) is 35.8 Å². The fourth-order valence-electron chi connectivity index (χ4n) is 8.31. The molecule has 2 heterocycles. The third-order valence-electron chi connectivity index (χ3n) is 10.0. The molecular weight excluding hydrogens is 392 g/mol. The van der Waals surface area contributed by atoms with Gasteiger partial charge in [0, 0.05) is 34.3 Å². The molecule has 5 rings (SSSR count). The van der Waals surface area contributed by atoms with E-state index in [1.807, 2.05) is 6.07 Å². The largest absolute Gasteiger partial charge is 0.472 e. The van der Waals surface area contributed by atoms with E-state index in [0.29, 0.717) is 18.6 Å². The first-order chi connectivity index (χ1) is 14.5. The lowest BCUT2D eigenvalue weighted by Crippen LogP contribution is -2.65. The highest BCUT2D eigenvalue weighted by Crippen LogP contribution is 2.72. The Kier molecular flexibility index (Phi) is 4.29. The molecule has 1 N–H and O–H groups in total. The van der Waals surface area contributed by atoms with Gasteiger partial charge in [-0.1, -0.05) is 34.6 Å². The maximum Gasteiger partial charge on any atom is 0.331 e. The highest BCUT2D eigenvalue weighted by molar-refractivity contribution is 5.86. The number of furan rings is 1. The molecule has 0 aromatic carbocycles. The molecular formula is C26H34O5. The molecule has 1 aromatic rings. The number of carbonyl (C=O) groups excluding carboxylic acids is 2. The van der Waals surface area contributed by atoms with E-state index in [-0.39, 0.29) is 23.2 Å². The van der Waals surface area contributed by atoms with Crippen molar-refractivity contribution < 1.29 is 23.8 Å². The van der Waals surface area contributed by atoms with Gasteiger partial charge in [-0.15, -0.1) is 0 Å². The fraction of sp³-hybridized carbons (Fsp3) is 0.692. The van der Waals surface area contributed by atoms with E-state index >= 15 is 0 Å². The summed E-state index contributed by atoms with van der Waals surface area (Å²) in [5.41, 5.74) is 0.460. The Morgan fingerprint density at radius 2 is 1.81 bits per heavy atom. The first-order valence-corrected chi connectivity index (χ1v) is 11.6. The van der Waals surface area contributed by atoms with Crippen LogP contribution in [-0.2, 0) is 14.3 Å². The minimum absolute atomic E-state index is 0.0555. The van der Waals surface area contributed by atoms with Gasteiger partial charge in [0.25, 0.3) is 0 Å². The summed E-state index contributed by atoms with van der Waals surface area (Å²) in [5.74, 6) is 0.307. The number of hydrogen-bond acceptors (Lipinski definition) is 5. The van der Waals surface area contributed by atoms with Crippen LogP contribution in [0.1, 0.15) is 78.4 Å². The standard InChI is InChI=1S/C26H34O5/c1-23(2)17-12-20(28)26(5)16(24(17,3)10-7-19(23)27)6-9-25(4)18(26)13-21(29)31-22(25)15-8-11-30-14-15/h8,11,13-14,16-17,20,22,28H,6-7,9-10,12H2,1-5H3/t16-,17-,20-,22-,24+,25-,26-/m1/s1. The Morgan fingerprint density at radius 3 is 2.48 bits per heavy atom. The van der Waals surface area contributed by atoms with Gasteiger partial charge >= 0.3 is 5.97 Å². The molecule has 0 unspecified atom stereocenters. The molecule has 0 radical (unpaired) electrons. The van der Waals surface area contributed by atoms with Gasteiger partial charge in [0.15, 0.2) is 0 Å². The van der Waals surface area contributed by atoms with Crippen LogP contribution in [0.2, 0.25) is 0 Å². The van der Waals surface area contributed by atoms with Gasteiger partial charge in [0.2, 0.25) is 0 Å². The van der Waals surface area contributed by atoms with Gasteiger partial charge in [-0.3, -0.25) is 4.79 Å². The predicted octanol–water partition coefficient (Wildman–Crippen LogP) is 5.00. The molecule has 168 valence electrons. The first-order valence-electron chi connectivity index (χ1n) is 11.6. The van der Waals surface area contributed by atoms with Crippen molar-refractivity contribution in [3.8, 4) is 0 Å². The third-order valence-corrected chi connectivity index (χ3v) is 10.0. The van der Waals surface area contributed by atoms with Crippen LogP contribution in [-0.4, -0.2) is 23.0 Å². The summed E-state index contributed by atoms with van der Waals surface area (Å²) in [7, 11) is 0. The number of Topliss-reactive ketones (excluding diaryl/α,β-unsaturated/α-hetero) is 1. The van der Waals surface area contributed by atoms with E-state index in [1.54, 1.807) is 18.6 Å². The number of aliphatic hydroxyl groups excluding tert-OH is 1. The molecule has 0 spiro atoms. The van der Waals surface area contributed by atoms with Crippen LogP contribution in [0.25, 0.3) is 0 Å². The van der Waals surface area contributed by atoms with Crippen molar-refractivity contribution in [2.75, 3.05) is 0 Å². The van der Waals surface area contributed by atoms with Crippen molar-refractivity contribution in [3.63, 3.8) is 0 Å². The van der Waals surface area contributed by atoms with E-state index in [9.17, 15) is 14.7 Å². The molecule has 4 aliphatic rings. The lowest BCUT2D eigenvalue weighted by molar-refractivity contribution is -0.199. The summed E-state index contributed by atoms with van der Waals surface area (Å²) in [4.78, 5) is 25.5. The van der Waals surface area contributed by atoms with Crippen molar-refractivity contribution in [2.45, 2.75) is 78.9 Å². The maximum absolute atomic E-state index is 12.8. The van der Waals surface area contributed by atoms with Gasteiger partial charge in [-0.05, 0) is 54.6 Å². The van der Waals surface area contributed by atoms with Crippen LogP contribution >= 0.6 is 0 Å². The number of hydrogen-bond donors (Lipinski definition) is 1. The summed E-state index contributed by atoms with van der Waals surface area (Å²) < 4.78 is 11.1. The van der Waals surface area contributed by atoms with Crippen molar-refractivity contribution in [2.24, 2.45) is 33.5 Å². The molecule has 5 nitrogen and oxygen atoms in total. The van der Waals surface area contributed by atoms with Crippen LogP contribution in [0.3, 0.4) is 0 Å². The quantitative estimate of drug-likeness (QED) is 0.639. The zero-order valence-electron chi connectivity index (χ0n) is 19.2. The lowest BCUT2D eigenvalue weighted by Gasteiger charge is -2.68. The molecule has 5 heteroatoms. The van der Waals surface area contributed by atoms with E-state index in [4.69, 9.17) is 9.15 Å². The third kappa shape index (κ3) is 2.53. The molecule has 0 amide bonds. The normalized spacial score (nSPS) is 46.3. The Bertz CT molecular complexity index is 958. The predicted molar refractivity (Wildman–Crippen MR) is 115 cm³/mol. The van der Waals surface area contributed by atoms with Crippen molar-refractivity contribution in [1.29, 1.82) is 0 Å². The second-order valence-electron chi connectivity index (χ2n) is 11.7.